The first-order chi connectivity index (χ1) is 21.2. The SMILES string of the molecule is Cc1ccc(CN(C(=O)CN(C)S(=O)(=O)c2ccc3ccccc3c2)[C@H](Cc2ccccc2)C(=O)NC2CCCCC2)cc1. The summed E-state index contributed by atoms with van der Waals surface area (Å²) in [6, 6.07) is 29.3. The highest BCUT2D eigenvalue weighted by Crippen LogP contribution is 2.23. The number of sulfonamides is 1. The van der Waals surface area contributed by atoms with Crippen LogP contribution in [0.1, 0.15) is 48.8 Å². The summed E-state index contributed by atoms with van der Waals surface area (Å²) in [5.41, 5.74) is 2.88. The van der Waals surface area contributed by atoms with Crippen LogP contribution in [-0.2, 0) is 32.6 Å². The van der Waals surface area contributed by atoms with Gasteiger partial charge in [-0.2, -0.15) is 4.31 Å². The molecule has 0 radical (unpaired) electrons. The molecule has 0 aliphatic heterocycles. The Morgan fingerprint density at radius 3 is 2.18 bits per heavy atom. The fourth-order valence-corrected chi connectivity index (χ4v) is 7.02. The quantitative estimate of drug-likeness (QED) is 0.230. The van der Waals surface area contributed by atoms with Gasteiger partial charge in [0.25, 0.3) is 0 Å². The molecule has 4 aromatic carbocycles. The average Bonchev–Trinajstić information content (AvgIpc) is 3.04. The third-order valence-electron chi connectivity index (χ3n) is 8.48. The molecule has 0 aromatic heterocycles. The number of hydrogen-bond acceptors (Lipinski definition) is 4. The van der Waals surface area contributed by atoms with Crippen LogP contribution in [0.4, 0.5) is 0 Å². The van der Waals surface area contributed by atoms with Crippen molar-refractivity contribution in [3.63, 3.8) is 0 Å². The fourth-order valence-electron chi connectivity index (χ4n) is 5.86. The van der Waals surface area contributed by atoms with E-state index >= 15 is 0 Å². The highest BCUT2D eigenvalue weighted by molar-refractivity contribution is 7.89. The Morgan fingerprint density at radius 2 is 1.48 bits per heavy atom. The molecule has 8 heteroatoms. The summed E-state index contributed by atoms with van der Waals surface area (Å²) in [6.45, 7) is 1.77. The molecule has 1 aliphatic carbocycles. The van der Waals surface area contributed by atoms with Gasteiger partial charge in [0.2, 0.25) is 21.8 Å². The van der Waals surface area contributed by atoms with E-state index < -0.39 is 28.5 Å². The summed E-state index contributed by atoms with van der Waals surface area (Å²) in [5, 5.41) is 4.97. The molecule has 4 aromatic rings. The summed E-state index contributed by atoms with van der Waals surface area (Å²) in [5.74, 6) is -0.640. The summed E-state index contributed by atoms with van der Waals surface area (Å²) >= 11 is 0. The molecular formula is C36H41N3O4S. The van der Waals surface area contributed by atoms with Crippen LogP contribution in [0.2, 0.25) is 0 Å². The Bertz CT molecular complexity index is 1680. The number of fused-ring (bicyclic) bond motifs is 1. The van der Waals surface area contributed by atoms with E-state index in [4.69, 9.17) is 0 Å². The lowest BCUT2D eigenvalue weighted by molar-refractivity contribution is -0.141. The Labute approximate surface area is 260 Å². The maximum atomic E-state index is 14.2. The van der Waals surface area contributed by atoms with E-state index in [0.717, 1.165) is 63.9 Å². The van der Waals surface area contributed by atoms with Crippen LogP contribution >= 0.6 is 0 Å². The van der Waals surface area contributed by atoms with Gasteiger partial charge >= 0.3 is 0 Å². The third-order valence-corrected chi connectivity index (χ3v) is 10.3. The third kappa shape index (κ3) is 7.73. The van der Waals surface area contributed by atoms with E-state index in [9.17, 15) is 18.0 Å². The van der Waals surface area contributed by atoms with Crippen LogP contribution in [0.15, 0.2) is 102 Å². The molecule has 230 valence electrons. The van der Waals surface area contributed by atoms with Crippen LogP contribution < -0.4 is 5.32 Å². The van der Waals surface area contributed by atoms with E-state index in [1.165, 1.54) is 7.05 Å². The van der Waals surface area contributed by atoms with Gasteiger partial charge in [0.05, 0.1) is 11.4 Å². The van der Waals surface area contributed by atoms with Crippen molar-refractivity contribution in [3.8, 4) is 0 Å². The number of amides is 2. The first-order valence-electron chi connectivity index (χ1n) is 15.3. The van der Waals surface area contributed by atoms with Gasteiger partial charge in [0, 0.05) is 26.1 Å². The molecular weight excluding hydrogens is 570 g/mol. The van der Waals surface area contributed by atoms with Crippen LogP contribution in [0, 0.1) is 6.92 Å². The molecule has 1 atom stereocenters. The smallest absolute Gasteiger partial charge is 0.243 e. The largest absolute Gasteiger partial charge is 0.352 e. The molecule has 44 heavy (non-hydrogen) atoms. The number of rotatable bonds is 11. The molecule has 1 saturated carbocycles. The first kappa shape index (κ1) is 31.4. The van der Waals surface area contributed by atoms with Crippen molar-refractivity contribution in [1.29, 1.82) is 0 Å². The lowest BCUT2D eigenvalue weighted by Gasteiger charge is -2.34. The van der Waals surface area contributed by atoms with E-state index in [1.54, 1.807) is 23.1 Å². The minimum absolute atomic E-state index is 0.0711. The highest BCUT2D eigenvalue weighted by Gasteiger charge is 2.34. The second-order valence-electron chi connectivity index (χ2n) is 11.8. The van der Waals surface area contributed by atoms with Gasteiger partial charge in [-0.05, 0) is 53.8 Å². The molecule has 1 aliphatic rings. The zero-order valence-electron chi connectivity index (χ0n) is 25.5. The second kappa shape index (κ2) is 14.2. The number of aryl methyl sites for hydroxylation is 1. The molecule has 2 amide bonds. The lowest BCUT2D eigenvalue weighted by Crippen LogP contribution is -2.54. The van der Waals surface area contributed by atoms with Crippen LogP contribution in [0.3, 0.4) is 0 Å². The van der Waals surface area contributed by atoms with Gasteiger partial charge in [0.15, 0.2) is 0 Å². The molecule has 0 saturated heterocycles. The minimum Gasteiger partial charge on any atom is -0.352 e. The molecule has 1 N–H and O–H groups in total. The molecule has 1 fully saturated rings. The van der Waals surface area contributed by atoms with Crippen LogP contribution in [0.5, 0.6) is 0 Å². The van der Waals surface area contributed by atoms with Gasteiger partial charge in [-0.3, -0.25) is 9.59 Å². The summed E-state index contributed by atoms with van der Waals surface area (Å²) in [7, 11) is -2.56. The predicted octanol–water partition coefficient (Wildman–Crippen LogP) is 5.86. The number of likely N-dealkylation sites (N-methyl/N-ethyl adjacent to an activating group) is 1. The zero-order valence-corrected chi connectivity index (χ0v) is 26.3. The second-order valence-corrected chi connectivity index (χ2v) is 13.9. The zero-order chi connectivity index (χ0) is 31.1. The highest BCUT2D eigenvalue weighted by atomic mass is 32.2. The van der Waals surface area contributed by atoms with E-state index in [0.29, 0.717) is 6.42 Å². The van der Waals surface area contributed by atoms with Gasteiger partial charge in [-0.25, -0.2) is 8.42 Å². The normalized spacial score (nSPS) is 14.8. The number of carbonyl (C=O) groups is 2. The van der Waals surface area contributed by atoms with Crippen LogP contribution in [-0.4, -0.2) is 55.1 Å². The molecule has 5 rings (SSSR count). The van der Waals surface area contributed by atoms with Crippen molar-refractivity contribution < 1.29 is 18.0 Å². The number of nitrogens with zero attached hydrogens (tertiary/aromatic N) is 2. The summed E-state index contributed by atoms with van der Waals surface area (Å²) in [6.07, 6.45) is 5.45. The Hall–Kier alpha value is -4.01. The first-order valence-corrected chi connectivity index (χ1v) is 16.8. The maximum absolute atomic E-state index is 14.2. The number of benzene rings is 4. The van der Waals surface area contributed by atoms with Crippen molar-refractivity contribution in [3.05, 3.63) is 114 Å². The molecule has 7 nitrogen and oxygen atoms in total. The molecule has 0 spiro atoms. The molecule has 0 heterocycles. The predicted molar refractivity (Wildman–Crippen MR) is 174 cm³/mol. The topological polar surface area (TPSA) is 86.8 Å². The van der Waals surface area contributed by atoms with E-state index in [1.807, 2.05) is 85.8 Å². The van der Waals surface area contributed by atoms with Crippen molar-refractivity contribution in [2.75, 3.05) is 13.6 Å². The van der Waals surface area contributed by atoms with E-state index in [2.05, 4.69) is 5.32 Å². The van der Waals surface area contributed by atoms with Crippen molar-refractivity contribution >= 4 is 32.6 Å². The Balaban J connectivity index is 1.45. The molecule has 0 bridgehead atoms. The number of hydrogen-bond donors (Lipinski definition) is 1. The van der Waals surface area contributed by atoms with E-state index in [-0.39, 0.29) is 23.4 Å². The van der Waals surface area contributed by atoms with Crippen molar-refractivity contribution in [1.82, 2.24) is 14.5 Å². The van der Waals surface area contributed by atoms with Crippen molar-refractivity contribution in [2.24, 2.45) is 0 Å². The van der Waals surface area contributed by atoms with Crippen molar-refractivity contribution in [2.45, 2.75) is 69.0 Å². The number of nitrogens with one attached hydrogen (secondary N) is 1. The monoisotopic (exact) mass is 611 g/mol. The van der Waals surface area contributed by atoms with Crippen LogP contribution in [0.25, 0.3) is 10.8 Å². The lowest BCUT2D eigenvalue weighted by atomic mass is 9.94. The van der Waals surface area contributed by atoms with Gasteiger partial charge < -0.3 is 10.2 Å². The Kier molecular flexibility index (Phi) is 10.1. The summed E-state index contributed by atoms with van der Waals surface area (Å²) in [4.78, 5) is 29.9. The average molecular weight is 612 g/mol. The summed E-state index contributed by atoms with van der Waals surface area (Å²) < 4.78 is 28.4. The maximum Gasteiger partial charge on any atom is 0.243 e. The molecule has 0 unspecified atom stereocenters. The Morgan fingerprint density at radius 1 is 0.818 bits per heavy atom. The standard InChI is InChI=1S/C36H41N3O4S/c1-27-17-19-29(20-18-27)25-39(34(23-28-11-5-3-6-12-28)36(41)37-32-15-7-4-8-16-32)35(40)26-38(2)44(42,43)33-22-21-30-13-9-10-14-31(30)24-33/h3,5-6,9-14,17-22,24,32,34H,4,7-8,15-16,23,25-26H2,1-2H3,(H,37,41)/t34-/m1/s1. The van der Waals surface area contributed by atoms with Gasteiger partial charge in [0.1, 0.15) is 6.04 Å². The minimum atomic E-state index is -3.98. The van der Waals surface area contributed by atoms with Gasteiger partial charge in [-0.1, -0.05) is 110 Å². The number of carbonyl (C=O) groups excluding carboxylic acids is 2. The van der Waals surface area contributed by atoms with Gasteiger partial charge in [-0.15, -0.1) is 0 Å². The fraction of sp³-hybridized carbons (Fsp3) is 0.333.